The Labute approximate surface area is 131 Å². The number of halogens is 2. The van der Waals surface area contributed by atoms with E-state index in [-0.39, 0.29) is 0 Å². The van der Waals surface area contributed by atoms with E-state index < -0.39 is 17.6 Å². The third-order valence-electron chi connectivity index (χ3n) is 3.34. The van der Waals surface area contributed by atoms with Crippen LogP contribution in [0.5, 0.6) is 0 Å². The Balaban J connectivity index is 2.06. The maximum Gasteiger partial charge on any atom is 0.313 e. The summed E-state index contributed by atoms with van der Waals surface area (Å²) in [6.45, 7) is 4.29. The van der Waals surface area contributed by atoms with Gasteiger partial charge >= 0.3 is 11.8 Å². The molecule has 0 unspecified atom stereocenters. The lowest BCUT2D eigenvalue weighted by Gasteiger charge is -2.19. The van der Waals surface area contributed by atoms with Gasteiger partial charge in [-0.05, 0) is 53.5 Å². The highest BCUT2D eigenvalue weighted by molar-refractivity contribution is 9.10. The van der Waals surface area contributed by atoms with Crippen LogP contribution in [-0.2, 0) is 9.59 Å². The van der Waals surface area contributed by atoms with Gasteiger partial charge < -0.3 is 15.5 Å². The Bertz CT molecular complexity index is 557. The molecule has 0 saturated carbocycles. The summed E-state index contributed by atoms with van der Waals surface area (Å²) in [6.07, 6.45) is 0.810. The van der Waals surface area contributed by atoms with Crippen molar-refractivity contribution in [2.24, 2.45) is 0 Å². The molecule has 7 heteroatoms. The number of anilines is 1. The summed E-state index contributed by atoms with van der Waals surface area (Å²) in [6, 6.07) is 2.76. The van der Waals surface area contributed by atoms with Crippen LogP contribution >= 0.6 is 15.9 Å². The van der Waals surface area contributed by atoms with Crippen LogP contribution in [0.15, 0.2) is 16.6 Å². The highest BCUT2D eigenvalue weighted by Gasteiger charge is 2.23. The normalized spacial score (nSPS) is 15.5. The lowest BCUT2D eigenvalue weighted by Crippen LogP contribution is -2.41. The first-order chi connectivity index (χ1) is 9.99. The third-order valence-corrected chi connectivity index (χ3v) is 3.94. The fourth-order valence-corrected chi connectivity index (χ4v) is 2.61. The zero-order valence-corrected chi connectivity index (χ0v) is 13.3. The van der Waals surface area contributed by atoms with E-state index in [1.165, 1.54) is 11.0 Å². The molecule has 0 atom stereocenters. The Kier molecular flexibility index (Phi) is 5.30. The molecule has 0 spiro atoms. The molecule has 0 radical (unpaired) electrons. The van der Waals surface area contributed by atoms with Crippen LogP contribution in [0, 0.1) is 12.7 Å². The van der Waals surface area contributed by atoms with E-state index in [1.54, 1.807) is 13.0 Å². The molecule has 1 aliphatic rings. The second-order valence-corrected chi connectivity index (χ2v) is 5.79. The minimum absolute atomic E-state index is 0.307. The van der Waals surface area contributed by atoms with Gasteiger partial charge in [-0.15, -0.1) is 0 Å². The second kappa shape index (κ2) is 7.00. The van der Waals surface area contributed by atoms with Crippen LogP contribution in [-0.4, -0.2) is 42.9 Å². The predicted octanol–water partition coefficient (Wildman–Crippen LogP) is 1.66. The van der Waals surface area contributed by atoms with Gasteiger partial charge in [-0.2, -0.15) is 0 Å². The molecule has 0 aromatic heterocycles. The molecule has 1 fully saturated rings. The van der Waals surface area contributed by atoms with Crippen molar-refractivity contribution < 1.29 is 14.0 Å². The number of hydrogen-bond acceptors (Lipinski definition) is 3. The van der Waals surface area contributed by atoms with Gasteiger partial charge in [-0.3, -0.25) is 9.59 Å². The van der Waals surface area contributed by atoms with Crippen molar-refractivity contribution in [3.05, 3.63) is 28.0 Å². The van der Waals surface area contributed by atoms with Gasteiger partial charge in [-0.25, -0.2) is 4.39 Å². The van der Waals surface area contributed by atoms with Crippen molar-refractivity contribution in [3.8, 4) is 0 Å². The van der Waals surface area contributed by atoms with E-state index in [4.69, 9.17) is 0 Å². The van der Waals surface area contributed by atoms with E-state index in [2.05, 4.69) is 26.6 Å². The molecular weight excluding hydrogens is 341 g/mol. The summed E-state index contributed by atoms with van der Waals surface area (Å²) in [5, 5.41) is 5.65. The quantitative estimate of drug-likeness (QED) is 0.751. The number of rotatable bonds is 1. The minimum Gasteiger partial charge on any atom is -0.333 e. The molecule has 21 heavy (non-hydrogen) atoms. The molecule has 2 rings (SSSR count). The molecule has 1 heterocycles. The largest absolute Gasteiger partial charge is 0.333 e. The molecule has 1 aromatic rings. The van der Waals surface area contributed by atoms with Gasteiger partial charge in [-0.1, -0.05) is 0 Å². The number of nitrogens with one attached hydrogen (secondary N) is 2. The second-order valence-electron chi connectivity index (χ2n) is 4.93. The first kappa shape index (κ1) is 15.9. The van der Waals surface area contributed by atoms with Crippen molar-refractivity contribution in [1.29, 1.82) is 0 Å². The van der Waals surface area contributed by atoms with Gasteiger partial charge in [0.15, 0.2) is 0 Å². The summed E-state index contributed by atoms with van der Waals surface area (Å²) >= 11 is 3.08. The number of hydrogen-bond donors (Lipinski definition) is 2. The van der Waals surface area contributed by atoms with Crippen LogP contribution in [0.3, 0.4) is 0 Å². The van der Waals surface area contributed by atoms with Crippen molar-refractivity contribution in [3.63, 3.8) is 0 Å². The Morgan fingerprint density at radius 2 is 2.10 bits per heavy atom. The van der Waals surface area contributed by atoms with E-state index in [1.807, 2.05) is 0 Å². The summed E-state index contributed by atoms with van der Waals surface area (Å²) < 4.78 is 13.8. The number of carbonyl (C=O) groups is 2. The van der Waals surface area contributed by atoms with E-state index in [9.17, 15) is 14.0 Å². The van der Waals surface area contributed by atoms with Crippen molar-refractivity contribution >= 4 is 33.4 Å². The SMILES string of the molecule is Cc1cc(Br)c(F)cc1NC(=O)C(=O)N1CCCNCC1. The van der Waals surface area contributed by atoms with Crippen LogP contribution in [0.25, 0.3) is 0 Å². The number of amides is 2. The van der Waals surface area contributed by atoms with Crippen LogP contribution in [0.4, 0.5) is 10.1 Å². The highest BCUT2D eigenvalue weighted by Crippen LogP contribution is 2.23. The minimum atomic E-state index is -0.735. The molecule has 0 aliphatic carbocycles. The summed E-state index contributed by atoms with van der Waals surface area (Å²) in [4.78, 5) is 25.6. The monoisotopic (exact) mass is 357 g/mol. The summed E-state index contributed by atoms with van der Waals surface area (Å²) in [5.41, 5.74) is 0.990. The van der Waals surface area contributed by atoms with E-state index in [0.29, 0.717) is 35.4 Å². The molecule has 114 valence electrons. The lowest BCUT2D eigenvalue weighted by atomic mass is 10.2. The first-order valence-electron chi connectivity index (χ1n) is 6.75. The number of carbonyl (C=O) groups excluding carboxylic acids is 2. The summed E-state index contributed by atoms with van der Waals surface area (Å²) in [5.74, 6) is -1.80. The lowest BCUT2D eigenvalue weighted by molar-refractivity contribution is -0.143. The average molecular weight is 358 g/mol. The maximum absolute atomic E-state index is 13.5. The molecule has 0 bridgehead atoms. The summed E-state index contributed by atoms with van der Waals surface area (Å²) in [7, 11) is 0. The number of nitrogens with zero attached hydrogens (tertiary/aromatic N) is 1. The van der Waals surface area contributed by atoms with Crippen LogP contribution < -0.4 is 10.6 Å². The molecule has 2 N–H and O–H groups in total. The fraction of sp³-hybridized carbons (Fsp3) is 0.429. The van der Waals surface area contributed by atoms with Crippen LogP contribution in [0.1, 0.15) is 12.0 Å². The zero-order valence-electron chi connectivity index (χ0n) is 11.7. The zero-order chi connectivity index (χ0) is 15.4. The Hall–Kier alpha value is -1.47. The smallest absolute Gasteiger partial charge is 0.313 e. The van der Waals surface area contributed by atoms with Gasteiger partial charge in [0.25, 0.3) is 0 Å². The van der Waals surface area contributed by atoms with Gasteiger partial charge in [0, 0.05) is 25.3 Å². The number of benzene rings is 1. The van der Waals surface area contributed by atoms with Crippen molar-refractivity contribution in [2.45, 2.75) is 13.3 Å². The van der Waals surface area contributed by atoms with E-state index >= 15 is 0 Å². The third kappa shape index (κ3) is 4.01. The Morgan fingerprint density at radius 1 is 1.33 bits per heavy atom. The molecule has 5 nitrogen and oxygen atoms in total. The standard InChI is InChI=1S/C14H17BrFN3O2/c1-9-7-10(15)11(16)8-12(9)18-13(20)14(21)19-5-2-3-17-4-6-19/h7-8,17H,2-6H2,1H3,(H,18,20). The van der Waals surface area contributed by atoms with Crippen molar-refractivity contribution in [1.82, 2.24) is 10.2 Å². The molecule has 1 aliphatic heterocycles. The number of aryl methyl sites for hydroxylation is 1. The Morgan fingerprint density at radius 3 is 2.86 bits per heavy atom. The van der Waals surface area contributed by atoms with Gasteiger partial charge in [0.05, 0.1) is 4.47 Å². The highest BCUT2D eigenvalue weighted by atomic mass is 79.9. The van der Waals surface area contributed by atoms with E-state index in [0.717, 1.165) is 13.0 Å². The van der Waals surface area contributed by atoms with Crippen molar-refractivity contribution in [2.75, 3.05) is 31.5 Å². The van der Waals surface area contributed by atoms with Crippen LogP contribution in [0.2, 0.25) is 0 Å². The molecule has 1 saturated heterocycles. The molecular formula is C14H17BrFN3O2. The predicted molar refractivity (Wildman–Crippen MR) is 81.5 cm³/mol. The molecule has 1 aromatic carbocycles. The average Bonchev–Trinajstić information content (AvgIpc) is 2.72. The molecule has 2 amide bonds. The fourth-order valence-electron chi connectivity index (χ4n) is 2.15. The topological polar surface area (TPSA) is 61.4 Å². The first-order valence-corrected chi connectivity index (χ1v) is 7.55. The van der Waals surface area contributed by atoms with Gasteiger partial charge in [0.2, 0.25) is 0 Å². The van der Waals surface area contributed by atoms with Gasteiger partial charge in [0.1, 0.15) is 5.82 Å². The maximum atomic E-state index is 13.5.